The van der Waals surface area contributed by atoms with Crippen LogP contribution in [0.25, 0.3) is 11.6 Å². The molecule has 5 heteroatoms. The van der Waals surface area contributed by atoms with Gasteiger partial charge in [0.25, 0.3) is 0 Å². The smallest absolute Gasteiger partial charge is 0.349 e. The molecule has 3 aromatic rings. The van der Waals surface area contributed by atoms with Crippen molar-refractivity contribution in [3.05, 3.63) is 89.5 Å². The zero-order chi connectivity index (χ0) is 27.1. The Balaban J connectivity index is 1.63. The number of hydrogen-bond donors (Lipinski definition) is 0. The molecule has 0 spiro atoms. The number of allylic oxidation sites excluding steroid dienone is 1. The van der Waals surface area contributed by atoms with Gasteiger partial charge in [-0.15, -0.1) is 0 Å². The monoisotopic (exact) mass is 497 g/mol. The molecule has 0 heterocycles. The van der Waals surface area contributed by atoms with Crippen LogP contribution in [0.2, 0.25) is 0 Å². The molecule has 0 aliphatic heterocycles. The van der Waals surface area contributed by atoms with Crippen molar-refractivity contribution in [2.75, 3.05) is 13.7 Å². The van der Waals surface area contributed by atoms with Crippen molar-refractivity contribution in [2.24, 2.45) is 5.41 Å². The summed E-state index contributed by atoms with van der Waals surface area (Å²) in [6, 6.07) is 24.6. The number of rotatable bonds is 9. The molecular formula is C32H35NO4. The zero-order valence-corrected chi connectivity index (χ0v) is 22.5. The summed E-state index contributed by atoms with van der Waals surface area (Å²) in [5.74, 6) is 0.731. The number of hydrogen-bond acceptors (Lipinski definition) is 5. The Hall–Kier alpha value is -4.04. The molecule has 0 unspecified atom stereocenters. The average Bonchev–Trinajstić information content (AvgIpc) is 2.86. The number of nitriles is 1. The summed E-state index contributed by atoms with van der Waals surface area (Å²) in [6.07, 6.45) is 2.81. The Bertz CT molecular complexity index is 1280. The highest BCUT2D eigenvalue weighted by Gasteiger charge is 2.27. The molecule has 0 bridgehead atoms. The molecule has 0 aromatic heterocycles. The third-order valence-corrected chi connectivity index (χ3v) is 5.89. The van der Waals surface area contributed by atoms with Crippen LogP contribution in [0.4, 0.5) is 0 Å². The fraction of sp³-hybridized carbons (Fsp3) is 0.312. The van der Waals surface area contributed by atoms with Gasteiger partial charge in [-0.25, -0.2) is 4.79 Å². The van der Waals surface area contributed by atoms with E-state index in [1.54, 1.807) is 24.3 Å². The fourth-order valence-corrected chi connectivity index (χ4v) is 4.55. The van der Waals surface area contributed by atoms with Gasteiger partial charge in [0.1, 0.15) is 5.75 Å². The van der Waals surface area contributed by atoms with Crippen LogP contribution in [0, 0.1) is 16.7 Å². The van der Waals surface area contributed by atoms with Crippen molar-refractivity contribution in [1.82, 2.24) is 0 Å². The number of nitrogens with zero attached hydrogens (tertiary/aromatic N) is 1. The highest BCUT2D eigenvalue weighted by molar-refractivity contribution is 5.90. The predicted octanol–water partition coefficient (Wildman–Crippen LogP) is 7.46. The van der Waals surface area contributed by atoms with E-state index >= 15 is 0 Å². The molecule has 5 nitrogen and oxygen atoms in total. The van der Waals surface area contributed by atoms with Crippen molar-refractivity contribution in [1.29, 1.82) is 5.26 Å². The second kappa shape index (κ2) is 11.8. The van der Waals surface area contributed by atoms with Gasteiger partial charge in [0, 0.05) is 0 Å². The van der Waals surface area contributed by atoms with Crippen LogP contribution in [-0.4, -0.2) is 19.7 Å². The zero-order valence-electron chi connectivity index (χ0n) is 22.5. The highest BCUT2D eigenvalue weighted by atomic mass is 16.6. The number of esters is 1. The minimum Gasteiger partial charge on any atom is -0.493 e. The van der Waals surface area contributed by atoms with Crippen molar-refractivity contribution in [3.63, 3.8) is 0 Å². The van der Waals surface area contributed by atoms with E-state index < -0.39 is 5.97 Å². The third-order valence-electron chi connectivity index (χ3n) is 5.89. The third kappa shape index (κ3) is 7.98. The molecule has 37 heavy (non-hydrogen) atoms. The molecule has 0 saturated carbocycles. The maximum Gasteiger partial charge on any atom is 0.349 e. The Morgan fingerprint density at radius 2 is 1.59 bits per heavy atom. The molecule has 0 amide bonds. The van der Waals surface area contributed by atoms with Crippen molar-refractivity contribution in [3.8, 4) is 23.3 Å². The summed E-state index contributed by atoms with van der Waals surface area (Å²) >= 11 is 0. The van der Waals surface area contributed by atoms with E-state index in [4.69, 9.17) is 14.2 Å². The second-order valence-corrected chi connectivity index (χ2v) is 10.9. The van der Waals surface area contributed by atoms with Crippen LogP contribution in [0.1, 0.15) is 57.7 Å². The summed E-state index contributed by atoms with van der Waals surface area (Å²) in [5.41, 5.74) is 3.57. The molecule has 0 saturated heterocycles. The van der Waals surface area contributed by atoms with Crippen molar-refractivity contribution in [2.45, 2.75) is 46.5 Å². The molecule has 0 atom stereocenters. The molecule has 0 aliphatic carbocycles. The standard InChI is InChI=1S/C32H35NO4/c1-31(2,3)22-32(4,5)26-13-15-27(16-14-26)36-21-30(34)37-28-17-12-23(19-29(28)35-6)18-25(20-33)24-10-8-7-9-11-24/h7-19H,21-22H2,1-6H3. The molecule has 0 N–H and O–H groups in total. The first-order chi connectivity index (χ1) is 17.5. The van der Waals surface area contributed by atoms with Gasteiger partial charge >= 0.3 is 5.97 Å². The summed E-state index contributed by atoms with van der Waals surface area (Å²) in [5, 5.41) is 9.56. The molecule has 0 fully saturated rings. The molecule has 3 aromatic carbocycles. The lowest BCUT2D eigenvalue weighted by atomic mass is 9.72. The van der Waals surface area contributed by atoms with Crippen LogP contribution in [-0.2, 0) is 10.2 Å². The van der Waals surface area contributed by atoms with Gasteiger partial charge in [0.2, 0.25) is 0 Å². The summed E-state index contributed by atoms with van der Waals surface area (Å²) < 4.78 is 16.6. The Morgan fingerprint density at radius 3 is 2.19 bits per heavy atom. The first-order valence-corrected chi connectivity index (χ1v) is 12.3. The minimum absolute atomic E-state index is 0.0305. The minimum atomic E-state index is -0.541. The molecule has 0 aliphatic rings. The highest BCUT2D eigenvalue weighted by Crippen LogP contribution is 2.36. The molecular weight excluding hydrogens is 462 g/mol. The summed E-state index contributed by atoms with van der Waals surface area (Å²) in [6.45, 7) is 11.0. The Morgan fingerprint density at radius 1 is 0.919 bits per heavy atom. The fourth-order valence-electron chi connectivity index (χ4n) is 4.55. The lowest BCUT2D eigenvalue weighted by Crippen LogP contribution is -2.24. The number of ether oxygens (including phenoxy) is 3. The average molecular weight is 498 g/mol. The van der Waals surface area contributed by atoms with Gasteiger partial charge in [-0.2, -0.15) is 5.26 Å². The lowest BCUT2D eigenvalue weighted by Gasteiger charge is -2.33. The second-order valence-electron chi connectivity index (χ2n) is 10.9. The van der Waals surface area contributed by atoms with E-state index in [1.807, 2.05) is 54.6 Å². The van der Waals surface area contributed by atoms with Gasteiger partial charge in [-0.3, -0.25) is 0 Å². The Kier molecular flexibility index (Phi) is 8.78. The summed E-state index contributed by atoms with van der Waals surface area (Å²) in [4.78, 5) is 12.5. The number of methoxy groups -OCH3 is 1. The first-order valence-electron chi connectivity index (χ1n) is 12.3. The van der Waals surface area contributed by atoms with Crippen molar-refractivity contribution >= 4 is 17.6 Å². The number of carbonyl (C=O) groups is 1. The molecule has 192 valence electrons. The SMILES string of the molecule is COc1cc(C=C(C#N)c2ccccc2)ccc1OC(=O)COc1ccc(C(C)(C)CC(C)(C)C)cc1. The molecule has 0 radical (unpaired) electrons. The quantitative estimate of drug-likeness (QED) is 0.133. The maximum atomic E-state index is 12.5. The van der Waals surface area contributed by atoms with E-state index in [0.29, 0.717) is 17.1 Å². The van der Waals surface area contributed by atoms with E-state index in [9.17, 15) is 10.1 Å². The van der Waals surface area contributed by atoms with Crippen LogP contribution in [0.3, 0.4) is 0 Å². The largest absolute Gasteiger partial charge is 0.493 e. The van der Waals surface area contributed by atoms with Gasteiger partial charge < -0.3 is 14.2 Å². The molecule has 3 rings (SSSR count). The van der Waals surface area contributed by atoms with Gasteiger partial charge in [0.15, 0.2) is 18.1 Å². The van der Waals surface area contributed by atoms with Crippen LogP contribution < -0.4 is 14.2 Å². The number of carbonyl (C=O) groups excluding carboxylic acids is 1. The van der Waals surface area contributed by atoms with E-state index in [0.717, 1.165) is 17.5 Å². The number of benzene rings is 3. The van der Waals surface area contributed by atoms with Crippen LogP contribution >= 0.6 is 0 Å². The van der Waals surface area contributed by atoms with Crippen LogP contribution in [0.15, 0.2) is 72.8 Å². The lowest BCUT2D eigenvalue weighted by molar-refractivity contribution is -0.136. The van der Waals surface area contributed by atoms with Crippen molar-refractivity contribution < 1.29 is 19.0 Å². The van der Waals surface area contributed by atoms with Gasteiger partial charge in [-0.05, 0) is 64.3 Å². The predicted molar refractivity (Wildman–Crippen MR) is 148 cm³/mol. The Labute approximate surface area is 220 Å². The summed E-state index contributed by atoms with van der Waals surface area (Å²) in [7, 11) is 1.50. The van der Waals surface area contributed by atoms with Crippen LogP contribution in [0.5, 0.6) is 17.2 Å². The van der Waals surface area contributed by atoms with E-state index in [-0.39, 0.29) is 23.2 Å². The van der Waals surface area contributed by atoms with Gasteiger partial charge in [-0.1, -0.05) is 83.1 Å². The van der Waals surface area contributed by atoms with Gasteiger partial charge in [0.05, 0.1) is 18.8 Å². The van der Waals surface area contributed by atoms with E-state index in [1.165, 1.54) is 12.7 Å². The topological polar surface area (TPSA) is 68.5 Å². The first kappa shape index (κ1) is 27.5. The maximum absolute atomic E-state index is 12.5. The van der Waals surface area contributed by atoms with E-state index in [2.05, 4.69) is 40.7 Å². The normalized spacial score (nSPS) is 12.0.